The molecule has 1 aliphatic rings. The summed E-state index contributed by atoms with van der Waals surface area (Å²) in [6.07, 6.45) is -2.46. The number of aromatic carboxylic acids is 3. The average Bonchev–Trinajstić information content (AvgIpc) is 3.42. The standard InChI is InChI=1S/C15H17NO7S.3C7H6O2/c1-24(21,22)9-3-2-8-4-5-16(14(20)10(8)6-9)15-13(19)12(18)11(7-17)23-15;3*8-7(9)6-4-2-1-3-5-6/h2-6,11-13,15,17-19H,7H2,1H3;3*1-5H,(H,8,9)/t11-,12-,13-,15-;;;/m1.../s1. The number of aliphatic hydroxyl groups excluding tert-OH is 3. The number of fused-ring (bicyclic) bond motifs is 1. The Kier molecular flexibility index (Phi) is 14.3. The number of carbonyl (C=O) groups is 3. The fraction of sp³-hybridized carbons (Fsp3) is 0.167. The molecule has 0 spiro atoms. The highest BCUT2D eigenvalue weighted by molar-refractivity contribution is 7.90. The van der Waals surface area contributed by atoms with Crippen LogP contribution in [0.5, 0.6) is 0 Å². The highest BCUT2D eigenvalue weighted by atomic mass is 32.2. The van der Waals surface area contributed by atoms with Crippen LogP contribution in [0.3, 0.4) is 0 Å². The SMILES string of the molecule is CS(=O)(=O)c1ccc2ccn([C@@H]3O[C@H](CO)[C@@H](O)[C@H]3O)c(=O)c2c1.O=C(O)c1ccccc1.O=C(O)c1ccccc1.O=C(O)c1ccccc1. The Morgan fingerprint density at radius 2 is 1.12 bits per heavy atom. The van der Waals surface area contributed by atoms with E-state index in [0.717, 1.165) is 10.8 Å². The molecule has 5 aromatic rings. The Morgan fingerprint density at radius 3 is 1.45 bits per heavy atom. The average molecular weight is 722 g/mol. The van der Waals surface area contributed by atoms with E-state index >= 15 is 0 Å². The predicted octanol–water partition coefficient (Wildman–Crippen LogP) is 3.17. The number of ether oxygens (including phenoxy) is 1. The molecule has 4 atom stereocenters. The maximum atomic E-state index is 12.7. The van der Waals surface area contributed by atoms with E-state index in [-0.39, 0.29) is 10.3 Å². The van der Waals surface area contributed by atoms with Crippen molar-refractivity contribution in [2.45, 2.75) is 29.4 Å². The van der Waals surface area contributed by atoms with Gasteiger partial charge in [0.1, 0.15) is 18.3 Å². The molecule has 15 heteroatoms. The molecule has 14 nitrogen and oxygen atoms in total. The van der Waals surface area contributed by atoms with Crippen LogP contribution in [0.2, 0.25) is 0 Å². The van der Waals surface area contributed by atoms with Crippen molar-refractivity contribution in [2.75, 3.05) is 12.9 Å². The maximum absolute atomic E-state index is 12.7. The Morgan fingerprint density at radius 1 is 0.686 bits per heavy atom. The second kappa shape index (κ2) is 18.3. The normalized spacial score (nSPS) is 17.7. The van der Waals surface area contributed by atoms with Gasteiger partial charge in [-0.05, 0) is 60.0 Å². The smallest absolute Gasteiger partial charge is 0.335 e. The number of hydrogen-bond donors (Lipinski definition) is 6. The number of nitrogens with zero attached hydrogens (tertiary/aromatic N) is 1. The lowest BCUT2D eigenvalue weighted by atomic mass is 10.1. The number of aliphatic hydroxyl groups is 3. The molecule has 1 aromatic heterocycles. The summed E-state index contributed by atoms with van der Waals surface area (Å²) in [5.41, 5.74) is 0.431. The van der Waals surface area contributed by atoms with E-state index in [1.54, 1.807) is 97.1 Å². The van der Waals surface area contributed by atoms with Crippen molar-refractivity contribution in [1.29, 1.82) is 0 Å². The number of aromatic nitrogens is 1. The van der Waals surface area contributed by atoms with Crippen LogP contribution < -0.4 is 5.56 Å². The summed E-state index contributed by atoms with van der Waals surface area (Å²) in [5, 5.41) is 54.8. The van der Waals surface area contributed by atoms with E-state index in [0.29, 0.717) is 22.1 Å². The van der Waals surface area contributed by atoms with E-state index in [1.807, 2.05) is 0 Å². The minimum Gasteiger partial charge on any atom is -0.478 e. The van der Waals surface area contributed by atoms with Crippen LogP contribution >= 0.6 is 0 Å². The van der Waals surface area contributed by atoms with E-state index < -0.39 is 64.5 Å². The molecule has 0 aliphatic carbocycles. The van der Waals surface area contributed by atoms with E-state index in [9.17, 15) is 37.8 Å². The van der Waals surface area contributed by atoms with Gasteiger partial charge in [0.15, 0.2) is 16.1 Å². The first-order chi connectivity index (χ1) is 24.1. The Balaban J connectivity index is 0.000000213. The highest BCUT2D eigenvalue weighted by Gasteiger charge is 2.43. The topological polar surface area (TPSA) is 238 Å². The van der Waals surface area contributed by atoms with Crippen molar-refractivity contribution in [1.82, 2.24) is 4.57 Å². The molecule has 1 saturated heterocycles. The van der Waals surface area contributed by atoms with Gasteiger partial charge in [-0.2, -0.15) is 0 Å². The zero-order valence-electron chi connectivity index (χ0n) is 27.0. The lowest BCUT2D eigenvalue weighted by Gasteiger charge is -2.18. The zero-order chi connectivity index (χ0) is 37.7. The van der Waals surface area contributed by atoms with Gasteiger partial charge < -0.3 is 35.4 Å². The summed E-state index contributed by atoms with van der Waals surface area (Å²) in [6, 6.07) is 30.7. The van der Waals surface area contributed by atoms with Crippen molar-refractivity contribution in [3.8, 4) is 0 Å². The molecule has 6 N–H and O–H groups in total. The quantitative estimate of drug-likeness (QED) is 0.148. The molecule has 1 fully saturated rings. The van der Waals surface area contributed by atoms with Gasteiger partial charge in [0.05, 0.1) is 28.2 Å². The Bertz CT molecular complexity index is 1970. The number of benzene rings is 4. The number of sulfone groups is 1. The fourth-order valence-corrected chi connectivity index (χ4v) is 5.16. The highest BCUT2D eigenvalue weighted by Crippen LogP contribution is 2.29. The van der Waals surface area contributed by atoms with Crippen LogP contribution in [0.25, 0.3) is 10.8 Å². The molecular formula is C36H35NO13S. The third-order valence-corrected chi connectivity index (χ3v) is 8.30. The summed E-state index contributed by atoms with van der Waals surface area (Å²) in [7, 11) is -3.48. The lowest BCUT2D eigenvalue weighted by molar-refractivity contribution is -0.0541. The first kappa shape index (κ1) is 39.7. The van der Waals surface area contributed by atoms with Gasteiger partial charge in [0.25, 0.3) is 5.56 Å². The number of rotatable bonds is 6. The third kappa shape index (κ3) is 11.1. The first-order valence-corrected chi connectivity index (χ1v) is 16.9. The molecule has 0 saturated carbocycles. The van der Waals surface area contributed by atoms with Crippen molar-refractivity contribution in [2.24, 2.45) is 0 Å². The summed E-state index contributed by atoms with van der Waals surface area (Å²) in [5.74, 6) is -2.64. The van der Waals surface area contributed by atoms with Crippen LogP contribution in [0, 0.1) is 0 Å². The molecule has 0 radical (unpaired) electrons. The fourth-order valence-electron chi connectivity index (χ4n) is 4.52. The summed E-state index contributed by atoms with van der Waals surface area (Å²) >= 11 is 0. The summed E-state index contributed by atoms with van der Waals surface area (Å²) in [6.45, 7) is -0.505. The first-order valence-electron chi connectivity index (χ1n) is 15.0. The van der Waals surface area contributed by atoms with Crippen molar-refractivity contribution in [3.05, 3.63) is 149 Å². The molecular weight excluding hydrogens is 686 g/mol. The molecule has 1 aliphatic heterocycles. The van der Waals surface area contributed by atoms with Crippen LogP contribution in [0.15, 0.2) is 131 Å². The van der Waals surface area contributed by atoms with Crippen LogP contribution in [0.4, 0.5) is 0 Å². The molecule has 51 heavy (non-hydrogen) atoms. The molecule has 4 aromatic carbocycles. The largest absolute Gasteiger partial charge is 0.478 e. The van der Waals surface area contributed by atoms with Crippen LogP contribution in [-0.2, 0) is 14.6 Å². The van der Waals surface area contributed by atoms with Gasteiger partial charge in [-0.3, -0.25) is 9.36 Å². The van der Waals surface area contributed by atoms with E-state index in [4.69, 9.17) is 25.2 Å². The van der Waals surface area contributed by atoms with E-state index in [1.165, 1.54) is 24.4 Å². The number of carboxylic acid groups (broad SMARTS) is 3. The third-order valence-electron chi connectivity index (χ3n) is 7.19. The molecule has 0 unspecified atom stereocenters. The number of carboxylic acids is 3. The van der Waals surface area contributed by atoms with Crippen LogP contribution in [0.1, 0.15) is 37.3 Å². The Hall–Kier alpha value is -5.71. The zero-order valence-corrected chi connectivity index (χ0v) is 27.8. The molecule has 0 amide bonds. The molecule has 6 rings (SSSR count). The van der Waals surface area contributed by atoms with E-state index in [2.05, 4.69) is 0 Å². The van der Waals surface area contributed by atoms with Gasteiger partial charge in [-0.1, -0.05) is 60.7 Å². The van der Waals surface area contributed by atoms with Crippen LogP contribution in [-0.4, -0.2) is 92.7 Å². The van der Waals surface area contributed by atoms with Crippen molar-refractivity contribution < 1.29 is 58.2 Å². The predicted molar refractivity (Wildman–Crippen MR) is 185 cm³/mol. The monoisotopic (exact) mass is 721 g/mol. The lowest BCUT2D eigenvalue weighted by Crippen LogP contribution is -2.35. The minimum absolute atomic E-state index is 0.00556. The number of pyridine rings is 1. The molecule has 0 bridgehead atoms. The minimum atomic E-state index is -3.48. The van der Waals surface area contributed by atoms with Gasteiger partial charge in [-0.25, -0.2) is 22.8 Å². The summed E-state index contributed by atoms with van der Waals surface area (Å²) < 4.78 is 29.8. The van der Waals surface area contributed by atoms with Gasteiger partial charge in [-0.15, -0.1) is 0 Å². The van der Waals surface area contributed by atoms with Crippen molar-refractivity contribution >= 4 is 38.5 Å². The van der Waals surface area contributed by atoms with Gasteiger partial charge >= 0.3 is 17.9 Å². The van der Waals surface area contributed by atoms with Crippen molar-refractivity contribution in [3.63, 3.8) is 0 Å². The second-order valence-electron chi connectivity index (χ2n) is 10.8. The molecule has 2 heterocycles. The maximum Gasteiger partial charge on any atom is 0.335 e. The number of hydrogen-bond acceptors (Lipinski definition) is 10. The Labute approximate surface area is 291 Å². The van der Waals surface area contributed by atoms with Gasteiger partial charge in [0.2, 0.25) is 0 Å². The summed E-state index contributed by atoms with van der Waals surface area (Å²) in [4.78, 5) is 43.3. The molecule has 268 valence electrons. The second-order valence-corrected chi connectivity index (χ2v) is 12.8. The van der Waals surface area contributed by atoms with Gasteiger partial charge in [0, 0.05) is 17.8 Å².